The van der Waals surface area contributed by atoms with Crippen molar-refractivity contribution in [3.8, 4) is 0 Å². The van der Waals surface area contributed by atoms with Crippen LogP contribution in [0, 0.1) is 0 Å². The molecule has 3 N–H and O–H groups in total. The average Bonchev–Trinajstić information content (AvgIpc) is 2.63. The van der Waals surface area contributed by atoms with Gasteiger partial charge in [-0.3, -0.25) is 4.72 Å². The summed E-state index contributed by atoms with van der Waals surface area (Å²) in [5.41, 5.74) is 6.54. The number of rotatable bonds is 3. The van der Waals surface area contributed by atoms with Gasteiger partial charge in [0, 0.05) is 11.4 Å². The Bertz CT molecular complexity index is 648. The second-order valence-electron chi connectivity index (χ2n) is 3.41. The number of thiophene rings is 1. The van der Waals surface area contributed by atoms with E-state index in [4.69, 9.17) is 17.3 Å². The van der Waals surface area contributed by atoms with Gasteiger partial charge in [-0.05, 0) is 46.3 Å². The third kappa shape index (κ3) is 2.97. The summed E-state index contributed by atoms with van der Waals surface area (Å²) in [7, 11) is -3.61. The summed E-state index contributed by atoms with van der Waals surface area (Å²) in [5, 5.41) is 0.373. The first kappa shape index (κ1) is 13.7. The van der Waals surface area contributed by atoms with Crippen LogP contribution in [0.15, 0.2) is 38.3 Å². The molecule has 0 aliphatic rings. The molecule has 0 saturated heterocycles. The van der Waals surface area contributed by atoms with Crippen LogP contribution in [0.3, 0.4) is 0 Å². The highest BCUT2D eigenvalue weighted by Gasteiger charge is 2.18. The van der Waals surface area contributed by atoms with Crippen LogP contribution in [0.2, 0.25) is 5.02 Å². The number of hydrogen-bond acceptors (Lipinski definition) is 4. The highest BCUT2D eigenvalue weighted by Crippen LogP contribution is 2.35. The smallest absolute Gasteiger partial charge is 0.271 e. The fourth-order valence-corrected chi connectivity index (χ4v) is 4.67. The van der Waals surface area contributed by atoms with E-state index >= 15 is 0 Å². The van der Waals surface area contributed by atoms with Gasteiger partial charge in [-0.1, -0.05) is 11.6 Å². The standard InChI is InChI=1S/C10H8BrClN2O2S2/c11-10-8(12)5-9(17-10)18(15,16)14-7-3-1-6(13)2-4-7/h1-5,14H,13H2. The molecule has 8 heteroatoms. The molecule has 96 valence electrons. The van der Waals surface area contributed by atoms with Crippen LogP contribution in [0.4, 0.5) is 11.4 Å². The van der Waals surface area contributed by atoms with E-state index in [0.29, 0.717) is 20.2 Å². The van der Waals surface area contributed by atoms with Gasteiger partial charge in [0.1, 0.15) is 4.21 Å². The van der Waals surface area contributed by atoms with Gasteiger partial charge in [-0.15, -0.1) is 11.3 Å². The summed E-state index contributed by atoms with van der Waals surface area (Å²) in [6, 6.07) is 7.83. The minimum Gasteiger partial charge on any atom is -0.399 e. The molecule has 18 heavy (non-hydrogen) atoms. The van der Waals surface area contributed by atoms with Crippen molar-refractivity contribution in [3.63, 3.8) is 0 Å². The number of halogens is 2. The summed E-state index contributed by atoms with van der Waals surface area (Å²) in [6.45, 7) is 0. The third-order valence-electron chi connectivity index (χ3n) is 2.05. The minimum atomic E-state index is -3.61. The number of benzene rings is 1. The fourth-order valence-electron chi connectivity index (χ4n) is 1.22. The van der Waals surface area contributed by atoms with E-state index in [9.17, 15) is 8.42 Å². The molecule has 0 fully saturated rings. The number of sulfonamides is 1. The molecule has 1 heterocycles. The maximum Gasteiger partial charge on any atom is 0.271 e. The topological polar surface area (TPSA) is 72.2 Å². The first-order valence-electron chi connectivity index (χ1n) is 4.72. The maximum atomic E-state index is 12.0. The average molecular weight is 368 g/mol. The third-order valence-corrected chi connectivity index (χ3v) is 6.38. The summed E-state index contributed by atoms with van der Waals surface area (Å²) in [6.07, 6.45) is 0. The zero-order chi connectivity index (χ0) is 13.3. The molecule has 2 rings (SSSR count). The molecule has 0 radical (unpaired) electrons. The second kappa shape index (κ2) is 5.08. The van der Waals surface area contributed by atoms with Crippen molar-refractivity contribution in [2.45, 2.75) is 4.21 Å². The summed E-state index contributed by atoms with van der Waals surface area (Å²) >= 11 is 10.0. The lowest BCUT2D eigenvalue weighted by Crippen LogP contribution is -2.11. The maximum absolute atomic E-state index is 12.0. The van der Waals surface area contributed by atoms with Crippen LogP contribution >= 0.6 is 38.9 Å². The molecular formula is C10H8BrClN2O2S2. The van der Waals surface area contributed by atoms with Gasteiger partial charge in [-0.25, -0.2) is 8.42 Å². The number of hydrogen-bond donors (Lipinski definition) is 2. The van der Waals surface area contributed by atoms with E-state index in [0.717, 1.165) is 11.3 Å². The van der Waals surface area contributed by atoms with Crippen LogP contribution in [-0.4, -0.2) is 8.42 Å². The molecule has 0 spiro atoms. The van der Waals surface area contributed by atoms with Gasteiger partial charge >= 0.3 is 0 Å². The molecule has 2 aromatic rings. The molecule has 4 nitrogen and oxygen atoms in total. The SMILES string of the molecule is Nc1ccc(NS(=O)(=O)c2cc(Cl)c(Br)s2)cc1. The molecule has 1 aromatic carbocycles. The highest BCUT2D eigenvalue weighted by molar-refractivity contribution is 9.11. The monoisotopic (exact) mass is 366 g/mol. The predicted molar refractivity (Wildman–Crippen MR) is 78.7 cm³/mol. The number of nitrogens with one attached hydrogen (secondary N) is 1. The molecule has 0 saturated carbocycles. The second-order valence-corrected chi connectivity index (χ2v) is 8.10. The van der Waals surface area contributed by atoms with Crippen molar-refractivity contribution >= 4 is 60.3 Å². The Balaban J connectivity index is 2.29. The van der Waals surface area contributed by atoms with Gasteiger partial charge in [0.15, 0.2) is 0 Å². The van der Waals surface area contributed by atoms with E-state index in [1.54, 1.807) is 24.3 Å². The molecule has 0 bridgehead atoms. The Hall–Kier alpha value is -0.760. The van der Waals surface area contributed by atoms with Gasteiger partial charge in [0.05, 0.1) is 8.81 Å². The Morgan fingerprint density at radius 2 is 1.89 bits per heavy atom. The molecule has 0 aliphatic heterocycles. The molecule has 1 aromatic heterocycles. The Kier molecular flexibility index (Phi) is 3.86. The van der Waals surface area contributed by atoms with E-state index in [1.807, 2.05) is 0 Å². The van der Waals surface area contributed by atoms with Crippen molar-refractivity contribution in [2.75, 3.05) is 10.5 Å². The molecule has 0 amide bonds. The Morgan fingerprint density at radius 3 is 2.39 bits per heavy atom. The van der Waals surface area contributed by atoms with Crippen LogP contribution in [0.5, 0.6) is 0 Å². The molecule has 0 unspecified atom stereocenters. The largest absolute Gasteiger partial charge is 0.399 e. The molecule has 0 atom stereocenters. The normalized spacial score (nSPS) is 11.4. The highest BCUT2D eigenvalue weighted by atomic mass is 79.9. The quantitative estimate of drug-likeness (QED) is 0.815. The van der Waals surface area contributed by atoms with Gasteiger partial charge < -0.3 is 5.73 Å². The van der Waals surface area contributed by atoms with E-state index in [-0.39, 0.29) is 4.21 Å². The van der Waals surface area contributed by atoms with Crippen molar-refractivity contribution in [1.29, 1.82) is 0 Å². The summed E-state index contributed by atoms with van der Waals surface area (Å²) in [5.74, 6) is 0. The van der Waals surface area contributed by atoms with Crippen molar-refractivity contribution in [3.05, 3.63) is 39.1 Å². The van der Waals surface area contributed by atoms with Crippen LogP contribution in [0.25, 0.3) is 0 Å². The predicted octanol–water partition coefficient (Wildman–Crippen LogP) is 3.55. The first-order chi connectivity index (χ1) is 8.38. The first-order valence-corrected chi connectivity index (χ1v) is 8.19. The lowest BCUT2D eigenvalue weighted by atomic mass is 10.3. The van der Waals surface area contributed by atoms with Crippen molar-refractivity contribution in [2.24, 2.45) is 0 Å². The molecular weight excluding hydrogens is 360 g/mol. The number of anilines is 2. The Labute approximate surface area is 122 Å². The summed E-state index contributed by atoms with van der Waals surface area (Å²) < 4.78 is 27.3. The summed E-state index contributed by atoms with van der Waals surface area (Å²) in [4.78, 5) is 0. The lowest BCUT2D eigenvalue weighted by Gasteiger charge is -2.05. The van der Waals surface area contributed by atoms with Crippen molar-refractivity contribution in [1.82, 2.24) is 0 Å². The van der Waals surface area contributed by atoms with Gasteiger partial charge in [0.25, 0.3) is 10.0 Å². The fraction of sp³-hybridized carbons (Fsp3) is 0. The van der Waals surface area contributed by atoms with Gasteiger partial charge in [-0.2, -0.15) is 0 Å². The minimum absolute atomic E-state index is 0.149. The van der Waals surface area contributed by atoms with Crippen molar-refractivity contribution < 1.29 is 8.42 Å². The van der Waals surface area contributed by atoms with Gasteiger partial charge in [0.2, 0.25) is 0 Å². The van der Waals surface area contributed by atoms with Crippen LogP contribution in [0.1, 0.15) is 0 Å². The zero-order valence-corrected chi connectivity index (χ0v) is 12.8. The molecule has 0 aliphatic carbocycles. The number of nitrogen functional groups attached to an aromatic ring is 1. The van der Waals surface area contributed by atoms with E-state index in [1.165, 1.54) is 6.07 Å². The van der Waals surface area contributed by atoms with E-state index < -0.39 is 10.0 Å². The number of nitrogens with two attached hydrogens (primary N) is 1. The van der Waals surface area contributed by atoms with Crippen LogP contribution in [-0.2, 0) is 10.0 Å². The lowest BCUT2D eigenvalue weighted by molar-refractivity contribution is 0.603. The zero-order valence-electron chi connectivity index (χ0n) is 8.85. The Morgan fingerprint density at radius 1 is 1.28 bits per heavy atom. The van der Waals surface area contributed by atoms with E-state index in [2.05, 4.69) is 20.7 Å². The van der Waals surface area contributed by atoms with Crippen LogP contribution < -0.4 is 10.5 Å².